The third-order valence-corrected chi connectivity index (χ3v) is 3.47. The highest BCUT2D eigenvalue weighted by Crippen LogP contribution is 2.29. The maximum Gasteiger partial charge on any atom is 0.00894 e. The SMILES string of the molecule is [CH2]CC(c1ccccc1)c1cccc(C(C)C)c1. The smallest absolute Gasteiger partial charge is 0.00894 e. The molecule has 93 valence electrons. The first kappa shape index (κ1) is 12.9. The zero-order valence-electron chi connectivity index (χ0n) is 11.3. The van der Waals surface area contributed by atoms with Crippen LogP contribution in [0.4, 0.5) is 0 Å². The molecule has 2 rings (SSSR count). The normalized spacial score (nSPS) is 12.7. The van der Waals surface area contributed by atoms with Crippen molar-refractivity contribution in [1.29, 1.82) is 0 Å². The topological polar surface area (TPSA) is 0 Å². The van der Waals surface area contributed by atoms with Gasteiger partial charge in [-0.3, -0.25) is 0 Å². The van der Waals surface area contributed by atoms with Gasteiger partial charge in [0.05, 0.1) is 0 Å². The largest absolute Gasteiger partial charge is 0.0622 e. The fourth-order valence-corrected chi connectivity index (χ4v) is 2.35. The Kier molecular flexibility index (Phi) is 4.19. The van der Waals surface area contributed by atoms with E-state index in [4.69, 9.17) is 0 Å². The highest BCUT2D eigenvalue weighted by molar-refractivity contribution is 5.35. The molecule has 0 heterocycles. The van der Waals surface area contributed by atoms with Crippen molar-refractivity contribution in [1.82, 2.24) is 0 Å². The molecule has 0 amide bonds. The van der Waals surface area contributed by atoms with Crippen LogP contribution < -0.4 is 0 Å². The summed E-state index contributed by atoms with van der Waals surface area (Å²) in [5.41, 5.74) is 4.14. The molecule has 0 fully saturated rings. The van der Waals surface area contributed by atoms with Crippen molar-refractivity contribution < 1.29 is 0 Å². The molecule has 0 saturated heterocycles. The molecule has 1 atom stereocenters. The van der Waals surface area contributed by atoms with Crippen molar-refractivity contribution >= 4 is 0 Å². The van der Waals surface area contributed by atoms with Crippen molar-refractivity contribution in [2.75, 3.05) is 0 Å². The Morgan fingerprint density at radius 1 is 0.833 bits per heavy atom. The van der Waals surface area contributed by atoms with Gasteiger partial charge < -0.3 is 0 Å². The first-order chi connectivity index (χ1) is 8.72. The average Bonchev–Trinajstić information content (AvgIpc) is 2.41. The summed E-state index contributed by atoms with van der Waals surface area (Å²) in [6, 6.07) is 19.6. The molecule has 0 spiro atoms. The molecule has 0 nitrogen and oxygen atoms in total. The van der Waals surface area contributed by atoms with Crippen LogP contribution in [0.3, 0.4) is 0 Å². The fraction of sp³-hybridized carbons (Fsp3) is 0.278. The summed E-state index contributed by atoms with van der Waals surface area (Å²) < 4.78 is 0. The van der Waals surface area contributed by atoms with E-state index in [0.29, 0.717) is 11.8 Å². The molecule has 0 heteroatoms. The van der Waals surface area contributed by atoms with E-state index in [0.717, 1.165) is 6.42 Å². The fourth-order valence-electron chi connectivity index (χ4n) is 2.35. The van der Waals surface area contributed by atoms with Gasteiger partial charge in [-0.2, -0.15) is 0 Å². The van der Waals surface area contributed by atoms with Crippen molar-refractivity contribution in [3.8, 4) is 0 Å². The summed E-state index contributed by atoms with van der Waals surface area (Å²) in [6.07, 6.45) is 0.894. The van der Waals surface area contributed by atoms with Crippen LogP contribution in [0.5, 0.6) is 0 Å². The van der Waals surface area contributed by atoms with Crippen LogP contribution in [0.25, 0.3) is 0 Å². The minimum atomic E-state index is 0.407. The Hall–Kier alpha value is -1.56. The summed E-state index contributed by atoms with van der Waals surface area (Å²) in [7, 11) is 0. The Labute approximate surface area is 111 Å². The number of hydrogen-bond donors (Lipinski definition) is 0. The molecule has 0 aliphatic rings. The van der Waals surface area contributed by atoms with Gasteiger partial charge in [0.25, 0.3) is 0 Å². The number of rotatable bonds is 4. The van der Waals surface area contributed by atoms with Crippen LogP contribution in [0, 0.1) is 6.92 Å². The molecule has 0 bridgehead atoms. The molecule has 0 saturated carbocycles. The third-order valence-electron chi connectivity index (χ3n) is 3.47. The van der Waals surface area contributed by atoms with Gasteiger partial charge in [0.15, 0.2) is 0 Å². The Morgan fingerprint density at radius 3 is 2.06 bits per heavy atom. The number of benzene rings is 2. The van der Waals surface area contributed by atoms with Gasteiger partial charge in [-0.05, 0) is 29.0 Å². The van der Waals surface area contributed by atoms with E-state index < -0.39 is 0 Å². The van der Waals surface area contributed by atoms with Gasteiger partial charge >= 0.3 is 0 Å². The Morgan fingerprint density at radius 2 is 1.44 bits per heavy atom. The monoisotopic (exact) mass is 237 g/mol. The van der Waals surface area contributed by atoms with Crippen LogP contribution in [0.2, 0.25) is 0 Å². The number of hydrogen-bond acceptors (Lipinski definition) is 0. The first-order valence-corrected chi connectivity index (χ1v) is 6.66. The molecular weight excluding hydrogens is 216 g/mol. The van der Waals surface area contributed by atoms with Gasteiger partial charge in [-0.25, -0.2) is 0 Å². The Balaban J connectivity index is 2.36. The van der Waals surface area contributed by atoms with E-state index in [1.54, 1.807) is 0 Å². The maximum atomic E-state index is 4.11. The zero-order chi connectivity index (χ0) is 13.0. The van der Waals surface area contributed by atoms with Crippen molar-refractivity contribution in [3.63, 3.8) is 0 Å². The molecule has 2 aromatic rings. The minimum absolute atomic E-state index is 0.407. The predicted octanol–water partition coefficient (Wildman–Crippen LogP) is 5.17. The molecule has 0 aliphatic heterocycles. The van der Waals surface area contributed by atoms with E-state index in [-0.39, 0.29) is 0 Å². The van der Waals surface area contributed by atoms with Gasteiger partial charge in [0.2, 0.25) is 0 Å². The van der Waals surface area contributed by atoms with E-state index >= 15 is 0 Å². The van der Waals surface area contributed by atoms with E-state index in [9.17, 15) is 0 Å². The van der Waals surface area contributed by atoms with Crippen molar-refractivity contribution in [2.24, 2.45) is 0 Å². The second-order valence-corrected chi connectivity index (χ2v) is 5.08. The zero-order valence-corrected chi connectivity index (χ0v) is 11.3. The lowest BCUT2D eigenvalue weighted by atomic mass is 9.87. The summed E-state index contributed by atoms with van der Waals surface area (Å²) in [4.78, 5) is 0. The molecule has 1 unspecified atom stereocenters. The standard InChI is InChI=1S/C18H21/c1-4-18(15-9-6-5-7-10-15)17-12-8-11-16(13-17)14(2)3/h5-14,18H,1,4H2,2-3H3. The van der Waals surface area contributed by atoms with Gasteiger partial charge in [-0.1, -0.05) is 75.4 Å². The van der Waals surface area contributed by atoms with E-state index in [1.165, 1.54) is 16.7 Å². The van der Waals surface area contributed by atoms with E-state index in [2.05, 4.69) is 75.4 Å². The first-order valence-electron chi connectivity index (χ1n) is 6.66. The van der Waals surface area contributed by atoms with Gasteiger partial charge in [-0.15, -0.1) is 0 Å². The van der Waals surface area contributed by atoms with Crippen LogP contribution >= 0.6 is 0 Å². The summed E-state index contributed by atoms with van der Waals surface area (Å²) in [6.45, 7) is 8.59. The van der Waals surface area contributed by atoms with Crippen molar-refractivity contribution in [3.05, 3.63) is 78.2 Å². The molecule has 0 N–H and O–H groups in total. The molecule has 18 heavy (non-hydrogen) atoms. The second kappa shape index (κ2) is 5.86. The lowest BCUT2D eigenvalue weighted by Gasteiger charge is -2.17. The predicted molar refractivity (Wildman–Crippen MR) is 78.8 cm³/mol. The third kappa shape index (κ3) is 2.81. The average molecular weight is 237 g/mol. The summed E-state index contributed by atoms with van der Waals surface area (Å²) in [5.74, 6) is 0.982. The molecule has 1 radical (unpaired) electrons. The van der Waals surface area contributed by atoms with Crippen LogP contribution in [0.15, 0.2) is 54.6 Å². The molecule has 0 aromatic heterocycles. The molecule has 2 aromatic carbocycles. The second-order valence-electron chi connectivity index (χ2n) is 5.08. The lowest BCUT2D eigenvalue weighted by Crippen LogP contribution is -2.01. The molecule has 0 aliphatic carbocycles. The molecular formula is C18H21. The van der Waals surface area contributed by atoms with E-state index in [1.807, 2.05) is 0 Å². The van der Waals surface area contributed by atoms with Crippen LogP contribution in [-0.4, -0.2) is 0 Å². The van der Waals surface area contributed by atoms with Crippen LogP contribution in [-0.2, 0) is 0 Å². The van der Waals surface area contributed by atoms with Crippen LogP contribution in [0.1, 0.15) is 48.8 Å². The Bertz CT molecular complexity index is 482. The highest BCUT2D eigenvalue weighted by Gasteiger charge is 2.12. The lowest BCUT2D eigenvalue weighted by molar-refractivity contribution is 0.811. The van der Waals surface area contributed by atoms with Crippen molar-refractivity contribution in [2.45, 2.75) is 32.1 Å². The maximum absolute atomic E-state index is 4.11. The summed E-state index contributed by atoms with van der Waals surface area (Å²) in [5, 5.41) is 0. The van der Waals surface area contributed by atoms with Gasteiger partial charge in [0, 0.05) is 5.92 Å². The van der Waals surface area contributed by atoms with Gasteiger partial charge in [0.1, 0.15) is 0 Å². The highest BCUT2D eigenvalue weighted by atomic mass is 14.2. The quantitative estimate of drug-likeness (QED) is 0.688. The minimum Gasteiger partial charge on any atom is -0.0622 e. The summed E-state index contributed by atoms with van der Waals surface area (Å²) >= 11 is 0.